The molecule has 0 spiro atoms. The molecule has 0 aliphatic carbocycles. The van der Waals surface area contributed by atoms with Crippen molar-refractivity contribution in [3.8, 4) is 33.6 Å². The number of fused-ring (bicyclic) bond motifs is 10. The molecule has 0 radical (unpaired) electrons. The summed E-state index contributed by atoms with van der Waals surface area (Å²) in [5, 5.41) is 5.28. The van der Waals surface area contributed by atoms with Crippen LogP contribution >= 0.6 is 0 Å². The fraction of sp³-hybridized carbons (Fsp3) is 0.270. The molecule has 0 fully saturated rings. The van der Waals surface area contributed by atoms with Crippen molar-refractivity contribution in [3.05, 3.63) is 203 Å². The van der Waals surface area contributed by atoms with Crippen molar-refractivity contribution < 1.29 is 0 Å². The van der Waals surface area contributed by atoms with E-state index in [1.807, 2.05) is 0 Å². The number of nitrogens with zero attached hydrogens (tertiary/aromatic N) is 2. The summed E-state index contributed by atoms with van der Waals surface area (Å²) in [6, 6.07) is 66.9. The molecule has 0 amide bonds. The quantitative estimate of drug-likeness (QED) is 0.134. The van der Waals surface area contributed by atoms with Gasteiger partial charge in [-0.2, -0.15) is 0 Å². The van der Waals surface area contributed by atoms with Crippen molar-refractivity contribution in [3.63, 3.8) is 0 Å². The second-order valence-electron chi connectivity index (χ2n) is 26.4. The smallest absolute Gasteiger partial charge is 0.247 e. The third kappa shape index (κ3) is 7.67. The Hall–Kier alpha value is -7.29. The van der Waals surface area contributed by atoms with E-state index in [2.05, 4.69) is 276 Å². The van der Waals surface area contributed by atoms with Crippen LogP contribution in [0.25, 0.3) is 77.2 Å². The molecule has 4 heterocycles. The highest BCUT2D eigenvalue weighted by Gasteiger charge is 2.43. The summed E-state index contributed by atoms with van der Waals surface area (Å²) in [6.45, 7) is 33.4. The van der Waals surface area contributed by atoms with Crippen LogP contribution in [0, 0.1) is 0 Å². The summed E-state index contributed by atoms with van der Waals surface area (Å²) in [6.07, 6.45) is 0. The molecule has 78 heavy (non-hydrogen) atoms. The fourth-order valence-electron chi connectivity index (χ4n) is 14.1. The van der Waals surface area contributed by atoms with E-state index in [1.165, 1.54) is 143 Å². The summed E-state index contributed by atoms with van der Waals surface area (Å²) in [5.74, 6) is 1.28. The first kappa shape index (κ1) is 50.2. The zero-order valence-corrected chi connectivity index (χ0v) is 48.5. The van der Waals surface area contributed by atoms with E-state index in [4.69, 9.17) is 0 Å². The van der Waals surface area contributed by atoms with Crippen LogP contribution in [0.4, 0.5) is 0 Å². The monoisotopic (exact) mass is 1010 g/mol. The molecule has 386 valence electrons. The molecular weight excluding hydrogens is 938 g/mol. The number of hydrogen-bond acceptors (Lipinski definition) is 0. The Labute approximate surface area is 464 Å². The molecule has 0 saturated heterocycles. The zero-order chi connectivity index (χ0) is 54.4. The molecule has 0 bridgehead atoms. The van der Waals surface area contributed by atoms with Crippen molar-refractivity contribution in [2.75, 3.05) is 0 Å². The molecule has 11 aromatic rings. The van der Waals surface area contributed by atoms with E-state index in [1.54, 1.807) is 0 Å². The SMILES string of the molecule is CC(C)c1cccc(C(C)C)c1B1c2cc3c(cc2-n2c4ccc(C(C)(C)C)cc4c4cc(-c5ccccc5)cc1c42)B(c1c(C(C)C)cccc1C(C)C)c1cc(C(C)(C)C)cc2c4cc(-c5ccccc5)ccc4n-3c12. The average Bonchev–Trinajstić information content (AvgIpc) is 4.10. The second-order valence-corrected chi connectivity index (χ2v) is 26.4. The molecule has 4 heteroatoms. The van der Waals surface area contributed by atoms with E-state index < -0.39 is 0 Å². The van der Waals surface area contributed by atoms with Gasteiger partial charge in [-0.25, -0.2) is 0 Å². The molecule has 0 unspecified atom stereocenters. The van der Waals surface area contributed by atoms with E-state index in [9.17, 15) is 0 Å². The maximum atomic E-state index is 2.71. The van der Waals surface area contributed by atoms with Crippen molar-refractivity contribution in [1.29, 1.82) is 0 Å². The lowest BCUT2D eigenvalue weighted by atomic mass is 9.31. The lowest BCUT2D eigenvalue weighted by Crippen LogP contribution is -2.61. The van der Waals surface area contributed by atoms with Gasteiger partial charge in [0.25, 0.3) is 0 Å². The van der Waals surface area contributed by atoms with Crippen LogP contribution in [0.15, 0.2) is 170 Å². The van der Waals surface area contributed by atoms with Gasteiger partial charge < -0.3 is 9.13 Å². The summed E-state index contributed by atoms with van der Waals surface area (Å²) < 4.78 is 5.43. The summed E-state index contributed by atoms with van der Waals surface area (Å²) in [4.78, 5) is 0. The maximum Gasteiger partial charge on any atom is 0.247 e. The van der Waals surface area contributed by atoms with Gasteiger partial charge in [-0.3, -0.25) is 0 Å². The molecule has 0 atom stereocenters. The molecule has 0 N–H and O–H groups in total. The lowest BCUT2D eigenvalue weighted by molar-refractivity contribution is 0.591. The average molecular weight is 1010 g/mol. The van der Waals surface area contributed by atoms with Crippen LogP contribution in [0.5, 0.6) is 0 Å². The van der Waals surface area contributed by atoms with Gasteiger partial charge in [0.15, 0.2) is 0 Å². The Morgan fingerprint density at radius 2 is 0.718 bits per heavy atom. The standard InChI is InChI=1S/C74H74B2N2/c1-43(2)53-27-21-28-54(44(3)4)69(53)75-61-41-68-62(42-67(61)78-66-34-32-51(73(9,10)11)38-58(66)59-36-50(37-63(75)71(59)78)48-25-19-16-20-26-48)76(70-55(45(5)6)29-22-30-56(70)46(7)8)64-40-52(74(12,13)14)39-60-57-35-49(47-23-17-15-18-24-47)31-33-65(57)77(68)72(60)64/h15-46H,1-14H3. The van der Waals surface area contributed by atoms with Gasteiger partial charge in [-0.15, -0.1) is 0 Å². The van der Waals surface area contributed by atoms with Crippen LogP contribution < -0.4 is 32.8 Å². The van der Waals surface area contributed by atoms with Gasteiger partial charge in [0.05, 0.1) is 11.0 Å². The Balaban J connectivity index is 1.26. The highest BCUT2D eigenvalue weighted by atomic mass is 15.0. The molecule has 0 saturated carbocycles. The van der Waals surface area contributed by atoms with Gasteiger partial charge in [-0.05, 0) is 161 Å². The van der Waals surface area contributed by atoms with Crippen LogP contribution in [0.3, 0.4) is 0 Å². The number of hydrogen-bond donors (Lipinski definition) is 0. The van der Waals surface area contributed by atoms with Crippen LogP contribution in [-0.4, -0.2) is 22.6 Å². The minimum absolute atomic E-state index is 0.0261. The Morgan fingerprint density at radius 3 is 1.18 bits per heavy atom. The van der Waals surface area contributed by atoms with Gasteiger partial charge in [0.1, 0.15) is 0 Å². The molecule has 9 aromatic carbocycles. The Morgan fingerprint density at radius 1 is 0.321 bits per heavy atom. The van der Waals surface area contributed by atoms with Gasteiger partial charge in [0.2, 0.25) is 13.4 Å². The van der Waals surface area contributed by atoms with Gasteiger partial charge in [-0.1, -0.05) is 229 Å². The topological polar surface area (TPSA) is 9.86 Å². The molecule has 2 aliphatic rings. The predicted octanol–water partition coefficient (Wildman–Crippen LogP) is 16.0. The Bertz CT molecular complexity index is 4170. The van der Waals surface area contributed by atoms with E-state index in [-0.39, 0.29) is 24.3 Å². The highest BCUT2D eigenvalue weighted by molar-refractivity contribution is 7.00. The number of benzene rings is 9. The van der Waals surface area contributed by atoms with E-state index in [0.717, 1.165) is 0 Å². The van der Waals surface area contributed by atoms with E-state index >= 15 is 0 Å². The maximum absolute atomic E-state index is 2.71. The third-order valence-corrected chi connectivity index (χ3v) is 18.0. The fourth-order valence-corrected chi connectivity index (χ4v) is 14.1. The molecule has 2 nitrogen and oxygen atoms in total. The first-order valence-corrected chi connectivity index (χ1v) is 29.1. The normalized spacial score (nSPS) is 13.4. The summed E-state index contributed by atoms with van der Waals surface area (Å²) >= 11 is 0. The minimum atomic E-state index is -0.0929. The summed E-state index contributed by atoms with van der Waals surface area (Å²) in [7, 11) is 0. The van der Waals surface area contributed by atoms with Crippen molar-refractivity contribution >= 4 is 89.8 Å². The number of aromatic nitrogens is 2. The van der Waals surface area contributed by atoms with Crippen LogP contribution in [0.1, 0.15) is 154 Å². The van der Waals surface area contributed by atoms with Crippen molar-refractivity contribution in [2.45, 2.75) is 131 Å². The van der Waals surface area contributed by atoms with Crippen LogP contribution in [0.2, 0.25) is 0 Å². The highest BCUT2D eigenvalue weighted by Crippen LogP contribution is 2.42. The first-order valence-electron chi connectivity index (χ1n) is 29.1. The number of rotatable bonds is 8. The lowest BCUT2D eigenvalue weighted by Gasteiger charge is -2.36. The van der Waals surface area contributed by atoms with Crippen molar-refractivity contribution in [2.24, 2.45) is 0 Å². The van der Waals surface area contributed by atoms with Crippen molar-refractivity contribution in [1.82, 2.24) is 9.13 Å². The largest absolute Gasteiger partial charge is 0.310 e. The molecule has 13 rings (SSSR count). The third-order valence-electron chi connectivity index (χ3n) is 18.0. The molecule has 2 aliphatic heterocycles. The van der Waals surface area contributed by atoms with E-state index in [0.29, 0.717) is 23.7 Å². The predicted molar refractivity (Wildman–Crippen MR) is 342 cm³/mol. The second kappa shape index (κ2) is 18.1. The molecular formula is C74H74B2N2. The Kier molecular flexibility index (Phi) is 11.7. The zero-order valence-electron chi connectivity index (χ0n) is 48.5. The van der Waals surface area contributed by atoms with Gasteiger partial charge >= 0.3 is 0 Å². The molecule has 2 aromatic heterocycles. The first-order chi connectivity index (χ1) is 37.3. The summed E-state index contributed by atoms with van der Waals surface area (Å²) in [5.41, 5.74) is 29.6. The van der Waals surface area contributed by atoms with Crippen LogP contribution in [-0.2, 0) is 10.8 Å². The van der Waals surface area contributed by atoms with Gasteiger partial charge in [0, 0.05) is 44.0 Å². The minimum Gasteiger partial charge on any atom is -0.310 e.